The summed E-state index contributed by atoms with van der Waals surface area (Å²) in [4.78, 5) is 11.9. The van der Waals surface area contributed by atoms with Crippen molar-refractivity contribution in [2.24, 2.45) is 0 Å². The van der Waals surface area contributed by atoms with Crippen LogP contribution in [0.15, 0.2) is 202 Å². The highest BCUT2D eigenvalue weighted by molar-refractivity contribution is 7.94. The van der Waals surface area contributed by atoms with Crippen LogP contribution >= 0.6 is 12.0 Å². The second-order valence-corrected chi connectivity index (χ2v) is 18.8. The van der Waals surface area contributed by atoms with Crippen LogP contribution in [0.1, 0.15) is 21.5 Å². The first-order chi connectivity index (χ1) is 32.3. The number of hydrogen-bond donors (Lipinski definition) is 2. The average molecular weight is 955 g/mol. The number of rotatable bonds is 17. The van der Waals surface area contributed by atoms with Crippen LogP contribution in [0.5, 0.6) is 40.2 Å². The minimum absolute atomic E-state index is 0.0768. The van der Waals surface area contributed by atoms with Crippen molar-refractivity contribution >= 4 is 37.8 Å². The van der Waals surface area contributed by atoms with Crippen molar-refractivity contribution < 1.29 is 59.8 Å². The number of ether oxygens (including phenoxy) is 4. The van der Waals surface area contributed by atoms with E-state index >= 15 is 0 Å². The van der Waals surface area contributed by atoms with Gasteiger partial charge in [0.15, 0.2) is 5.78 Å². The minimum Gasteiger partial charge on any atom is -0.495 e. The molecule has 0 radical (unpaired) electrons. The predicted octanol–water partition coefficient (Wildman–Crippen LogP) is 12.5. The molecule has 2 N–H and O–H groups in total. The van der Waals surface area contributed by atoms with Crippen molar-refractivity contribution in [2.75, 3.05) is 7.11 Å². The van der Waals surface area contributed by atoms with Crippen molar-refractivity contribution in [3.8, 4) is 62.5 Å². The summed E-state index contributed by atoms with van der Waals surface area (Å²) in [5, 5.41) is 12.5. The molecule has 0 heterocycles. The molecule has 0 aliphatic rings. The molecule has 0 saturated carbocycles. The fraction of sp³-hybridized carbons (Fsp3) is 0.0392. The Morgan fingerprint density at radius 1 is 0.493 bits per heavy atom. The lowest BCUT2D eigenvalue weighted by molar-refractivity contribution is -0.432. The predicted molar refractivity (Wildman–Crippen MR) is 250 cm³/mol. The largest absolute Gasteiger partial charge is 0.495 e. The number of hydrogen-bond acceptors (Lipinski definition) is 13. The summed E-state index contributed by atoms with van der Waals surface area (Å²) in [5.74, 6) is 2.57. The van der Waals surface area contributed by atoms with Crippen molar-refractivity contribution in [3.05, 3.63) is 199 Å². The van der Waals surface area contributed by atoms with Crippen LogP contribution in [0, 0.1) is 6.92 Å². The third-order valence-corrected chi connectivity index (χ3v) is 13.6. The van der Waals surface area contributed by atoms with E-state index in [1.54, 1.807) is 60.7 Å². The molecule has 8 aromatic rings. The Hall–Kier alpha value is -7.28. The zero-order valence-electron chi connectivity index (χ0n) is 35.4. The first kappa shape index (κ1) is 46.3. The molecule has 0 fully saturated rings. The van der Waals surface area contributed by atoms with Crippen molar-refractivity contribution in [1.82, 2.24) is 0 Å². The maximum absolute atomic E-state index is 13.5. The lowest BCUT2D eigenvalue weighted by Gasteiger charge is -2.13. The van der Waals surface area contributed by atoms with Crippen molar-refractivity contribution in [1.29, 1.82) is 0 Å². The van der Waals surface area contributed by atoms with E-state index in [9.17, 15) is 26.2 Å². The van der Waals surface area contributed by atoms with Gasteiger partial charge in [-0.25, -0.2) is 13.7 Å². The van der Waals surface area contributed by atoms with Crippen LogP contribution in [0.2, 0.25) is 0 Å². The normalized spacial score (nSPS) is 11.5. The smallest absolute Gasteiger partial charge is 0.298 e. The van der Waals surface area contributed by atoms with Gasteiger partial charge in [0.2, 0.25) is 9.84 Å². The van der Waals surface area contributed by atoms with E-state index in [-0.39, 0.29) is 27.1 Å². The molecule has 0 bridgehead atoms. The molecule has 8 rings (SSSR count). The molecule has 67 heavy (non-hydrogen) atoms. The van der Waals surface area contributed by atoms with Crippen molar-refractivity contribution in [3.63, 3.8) is 0 Å². The van der Waals surface area contributed by atoms with Gasteiger partial charge in [-0.1, -0.05) is 71.3 Å². The standard InChI is InChI=1S/C51H38O13S3/c1-33-3-5-34(6-4-33)35-7-17-40(18-8-35)60-42-23-13-38(14-24-42)51(52)39-15-25-43(26-16-39)61-41-19-9-36(10-20-41)37-11-21-44(22-12-37)62-47-29-27-45(31-49(47)65-64-63-53)66(54,55)46-28-30-48(59-2)50(32-46)67(56,57)58/h3-32,53H,1-2H3,(H,56,57,58). The van der Waals surface area contributed by atoms with E-state index in [1.165, 1.54) is 30.9 Å². The summed E-state index contributed by atoms with van der Waals surface area (Å²) in [5.41, 5.74) is 6.19. The van der Waals surface area contributed by atoms with E-state index < -0.39 is 29.7 Å². The van der Waals surface area contributed by atoms with Gasteiger partial charge < -0.3 is 18.9 Å². The number of aryl methyl sites for hydroxylation is 1. The number of carbonyl (C=O) groups is 1. The van der Waals surface area contributed by atoms with Gasteiger partial charge in [-0.3, -0.25) is 9.35 Å². The fourth-order valence-corrected chi connectivity index (χ4v) is 9.44. The van der Waals surface area contributed by atoms with Gasteiger partial charge in [-0.05, 0) is 151 Å². The number of ketones is 1. The zero-order valence-corrected chi connectivity index (χ0v) is 37.9. The van der Waals surface area contributed by atoms with Gasteiger partial charge >= 0.3 is 0 Å². The molecule has 0 spiro atoms. The van der Waals surface area contributed by atoms with E-state index in [1.807, 2.05) is 60.7 Å². The Morgan fingerprint density at radius 2 is 0.881 bits per heavy atom. The molecule has 338 valence electrons. The molecule has 0 saturated heterocycles. The Bertz CT molecular complexity index is 3250. The van der Waals surface area contributed by atoms with Gasteiger partial charge in [0, 0.05) is 11.1 Å². The van der Waals surface area contributed by atoms with Gasteiger partial charge in [0.05, 0.1) is 33.8 Å². The molecule has 13 nitrogen and oxygen atoms in total. The summed E-state index contributed by atoms with van der Waals surface area (Å²) < 4.78 is 88.2. The zero-order chi connectivity index (χ0) is 47.1. The van der Waals surface area contributed by atoms with E-state index in [0.717, 1.165) is 40.5 Å². The summed E-state index contributed by atoms with van der Waals surface area (Å²) in [7, 11) is -8.01. The summed E-state index contributed by atoms with van der Waals surface area (Å²) in [6, 6.07) is 51.4. The van der Waals surface area contributed by atoms with Gasteiger partial charge in [-0.2, -0.15) is 8.42 Å². The molecule has 0 atom stereocenters. The minimum atomic E-state index is -4.82. The molecule has 0 amide bonds. The molecule has 0 unspecified atom stereocenters. The highest BCUT2D eigenvalue weighted by atomic mass is 32.2. The molecule has 16 heteroatoms. The Labute approximate surface area is 390 Å². The number of sulfone groups is 1. The maximum Gasteiger partial charge on any atom is 0.298 e. The monoisotopic (exact) mass is 954 g/mol. The molecule has 0 aromatic heterocycles. The van der Waals surface area contributed by atoms with Crippen molar-refractivity contribution in [2.45, 2.75) is 26.5 Å². The number of methoxy groups -OCH3 is 1. The number of carbonyl (C=O) groups excluding carboxylic acids is 1. The lowest BCUT2D eigenvalue weighted by Crippen LogP contribution is -2.07. The Balaban J connectivity index is 0.871. The lowest BCUT2D eigenvalue weighted by atomic mass is 10.0. The van der Waals surface area contributed by atoms with Crippen LogP contribution in [-0.2, 0) is 29.3 Å². The van der Waals surface area contributed by atoms with Crippen LogP contribution in [0.25, 0.3) is 22.3 Å². The Kier molecular flexibility index (Phi) is 13.9. The van der Waals surface area contributed by atoms with Crippen LogP contribution < -0.4 is 18.9 Å². The molecular weight excluding hydrogens is 917 g/mol. The third kappa shape index (κ3) is 11.1. The van der Waals surface area contributed by atoms with Crippen LogP contribution in [0.4, 0.5) is 0 Å². The summed E-state index contributed by atoms with van der Waals surface area (Å²) in [6.07, 6.45) is 0. The number of benzene rings is 8. The second kappa shape index (κ2) is 20.1. The topological polar surface area (TPSA) is 181 Å². The van der Waals surface area contributed by atoms with Gasteiger partial charge in [0.1, 0.15) is 45.1 Å². The average Bonchev–Trinajstić information content (AvgIpc) is 3.34. The van der Waals surface area contributed by atoms with Gasteiger partial charge in [0.25, 0.3) is 10.1 Å². The van der Waals surface area contributed by atoms with Gasteiger partial charge in [-0.15, -0.1) is 4.33 Å². The Morgan fingerprint density at radius 3 is 1.30 bits per heavy atom. The summed E-state index contributed by atoms with van der Waals surface area (Å²) >= 11 is 0.460. The molecule has 0 aliphatic heterocycles. The molecular formula is C51H38O13S3. The second-order valence-electron chi connectivity index (χ2n) is 14.7. The highest BCUT2D eigenvalue weighted by Crippen LogP contribution is 2.38. The highest BCUT2D eigenvalue weighted by Gasteiger charge is 2.25. The third-order valence-electron chi connectivity index (χ3n) is 10.3. The van der Waals surface area contributed by atoms with E-state index in [2.05, 4.69) is 40.6 Å². The fourth-order valence-electron chi connectivity index (χ4n) is 6.83. The quantitative estimate of drug-likeness (QED) is 0.0289. The first-order valence-electron chi connectivity index (χ1n) is 20.1. The van der Waals surface area contributed by atoms with E-state index in [4.69, 9.17) is 24.2 Å². The molecule has 8 aromatic carbocycles. The van der Waals surface area contributed by atoms with E-state index in [0.29, 0.717) is 51.9 Å². The van der Waals surface area contributed by atoms with Crippen LogP contribution in [0.3, 0.4) is 0 Å². The molecule has 0 aliphatic carbocycles. The van der Waals surface area contributed by atoms with Crippen LogP contribution in [-0.4, -0.2) is 39.5 Å². The SMILES string of the molecule is COc1ccc(S(=O)(=O)c2ccc(Oc3ccc(-c4ccc(Oc5ccc(C(=O)c6ccc(Oc7ccc(-c8ccc(C)cc8)cc7)cc6)cc5)cc4)cc3)c(SOOO)c2)cc1S(=O)(=O)O. The maximum atomic E-state index is 13.5. The summed E-state index contributed by atoms with van der Waals surface area (Å²) in [6.45, 7) is 2.06. The first-order valence-corrected chi connectivity index (χ1v) is 23.8.